The van der Waals surface area contributed by atoms with Crippen molar-refractivity contribution in [2.75, 3.05) is 7.05 Å². The van der Waals surface area contributed by atoms with Gasteiger partial charge in [0.25, 0.3) is 0 Å². The van der Waals surface area contributed by atoms with Gasteiger partial charge in [-0.05, 0) is 18.4 Å². The van der Waals surface area contributed by atoms with E-state index >= 15 is 0 Å². The Hall–Kier alpha value is -0.850. The van der Waals surface area contributed by atoms with Crippen molar-refractivity contribution in [1.29, 1.82) is 0 Å². The van der Waals surface area contributed by atoms with Crippen LogP contribution in [-0.4, -0.2) is 13.3 Å². The summed E-state index contributed by atoms with van der Waals surface area (Å²) in [7, 11) is 1.77. The van der Waals surface area contributed by atoms with Crippen LogP contribution in [0.4, 0.5) is 0 Å². The van der Waals surface area contributed by atoms with E-state index < -0.39 is 0 Å². The molecule has 0 amide bonds. The molecule has 0 aliphatic carbocycles. The molecule has 0 aliphatic heterocycles. The van der Waals surface area contributed by atoms with Crippen LogP contribution in [0.1, 0.15) is 20.3 Å². The molecule has 0 fully saturated rings. The molecule has 0 spiro atoms. The lowest BCUT2D eigenvalue weighted by molar-refractivity contribution is 0.664. The molecule has 0 radical (unpaired) electrons. The standard InChI is InChI=1S/C10H17N/c1-10(2)8-6-4-5-7-9-11-3/h4-7,9-10H,8H2,1-3H3/b6-4+,7-5-,11-9?. The number of rotatable bonds is 4. The Morgan fingerprint density at radius 2 is 1.91 bits per heavy atom. The van der Waals surface area contributed by atoms with Crippen molar-refractivity contribution in [2.45, 2.75) is 20.3 Å². The molecule has 0 aromatic heterocycles. The van der Waals surface area contributed by atoms with Gasteiger partial charge >= 0.3 is 0 Å². The number of allylic oxidation sites excluding steroid dienone is 4. The molecule has 0 unspecified atom stereocenters. The molecule has 1 nitrogen and oxygen atoms in total. The molecule has 0 heterocycles. The summed E-state index contributed by atoms with van der Waals surface area (Å²) in [5, 5.41) is 0. The highest BCUT2D eigenvalue weighted by molar-refractivity contribution is 5.71. The summed E-state index contributed by atoms with van der Waals surface area (Å²) in [6.45, 7) is 4.42. The Bertz CT molecular complexity index is 152. The zero-order chi connectivity index (χ0) is 8.53. The van der Waals surface area contributed by atoms with Gasteiger partial charge in [-0.3, -0.25) is 4.99 Å². The van der Waals surface area contributed by atoms with Crippen LogP contribution in [0.25, 0.3) is 0 Å². The summed E-state index contributed by atoms with van der Waals surface area (Å²) in [5.41, 5.74) is 0. The number of aliphatic imine (C=N–C) groups is 1. The molecule has 0 rings (SSSR count). The lowest BCUT2D eigenvalue weighted by atomic mass is 10.1. The molecule has 0 N–H and O–H groups in total. The van der Waals surface area contributed by atoms with Crippen molar-refractivity contribution < 1.29 is 0 Å². The number of hydrogen-bond acceptors (Lipinski definition) is 1. The quantitative estimate of drug-likeness (QED) is 0.433. The second-order valence-corrected chi connectivity index (χ2v) is 2.85. The minimum absolute atomic E-state index is 0.750. The number of nitrogens with zero attached hydrogens (tertiary/aromatic N) is 1. The Morgan fingerprint density at radius 3 is 2.45 bits per heavy atom. The van der Waals surface area contributed by atoms with Crippen molar-refractivity contribution >= 4 is 6.21 Å². The summed E-state index contributed by atoms with van der Waals surface area (Å²) in [5.74, 6) is 0.750. The van der Waals surface area contributed by atoms with Crippen LogP contribution in [0.15, 0.2) is 29.3 Å². The van der Waals surface area contributed by atoms with Crippen LogP contribution < -0.4 is 0 Å². The van der Waals surface area contributed by atoms with Crippen molar-refractivity contribution in [1.82, 2.24) is 0 Å². The maximum Gasteiger partial charge on any atom is 0.0277 e. The van der Waals surface area contributed by atoms with Gasteiger partial charge in [-0.1, -0.05) is 32.1 Å². The summed E-state index contributed by atoms with van der Waals surface area (Å²) in [6.07, 6.45) is 11.1. The van der Waals surface area contributed by atoms with Crippen LogP contribution in [0.2, 0.25) is 0 Å². The van der Waals surface area contributed by atoms with E-state index in [4.69, 9.17) is 0 Å². The van der Waals surface area contributed by atoms with Gasteiger partial charge in [-0.2, -0.15) is 0 Å². The monoisotopic (exact) mass is 151 g/mol. The van der Waals surface area contributed by atoms with E-state index in [2.05, 4.69) is 31.0 Å². The summed E-state index contributed by atoms with van der Waals surface area (Å²) in [6, 6.07) is 0. The first-order chi connectivity index (χ1) is 5.27. The van der Waals surface area contributed by atoms with Crippen molar-refractivity contribution in [2.24, 2.45) is 10.9 Å². The minimum atomic E-state index is 0.750. The van der Waals surface area contributed by atoms with Gasteiger partial charge in [0.2, 0.25) is 0 Å². The predicted octanol–water partition coefficient (Wildman–Crippen LogP) is 2.85. The normalized spacial score (nSPS) is 13.1. The lowest BCUT2D eigenvalue weighted by Gasteiger charge is -1.94. The van der Waals surface area contributed by atoms with Crippen LogP contribution in [0.3, 0.4) is 0 Å². The van der Waals surface area contributed by atoms with E-state index in [0.717, 1.165) is 12.3 Å². The van der Waals surface area contributed by atoms with E-state index in [0.29, 0.717) is 0 Å². The minimum Gasteiger partial charge on any atom is -0.297 e. The third-order valence-electron chi connectivity index (χ3n) is 1.20. The van der Waals surface area contributed by atoms with E-state index in [1.165, 1.54) is 0 Å². The van der Waals surface area contributed by atoms with Crippen LogP contribution in [-0.2, 0) is 0 Å². The van der Waals surface area contributed by atoms with Crippen LogP contribution >= 0.6 is 0 Å². The maximum atomic E-state index is 3.82. The fourth-order valence-electron chi connectivity index (χ4n) is 0.629. The topological polar surface area (TPSA) is 12.4 Å². The molecule has 0 saturated carbocycles. The summed E-state index contributed by atoms with van der Waals surface area (Å²) in [4.78, 5) is 3.82. The van der Waals surface area contributed by atoms with Gasteiger partial charge in [0, 0.05) is 13.3 Å². The maximum absolute atomic E-state index is 3.82. The first-order valence-electron chi connectivity index (χ1n) is 4.01. The molecule has 0 aliphatic rings. The fraction of sp³-hybridized carbons (Fsp3) is 0.500. The molecule has 0 aromatic carbocycles. The second-order valence-electron chi connectivity index (χ2n) is 2.85. The SMILES string of the molecule is CN=C/C=C\C=C\CC(C)C. The molecule has 62 valence electrons. The van der Waals surface area contributed by atoms with Crippen LogP contribution in [0, 0.1) is 5.92 Å². The fourth-order valence-corrected chi connectivity index (χ4v) is 0.629. The molecule has 1 heteroatoms. The smallest absolute Gasteiger partial charge is 0.0277 e. The van der Waals surface area contributed by atoms with Gasteiger partial charge in [0.15, 0.2) is 0 Å². The lowest BCUT2D eigenvalue weighted by Crippen LogP contribution is -1.80. The predicted molar refractivity (Wildman–Crippen MR) is 52.2 cm³/mol. The molecule has 0 atom stereocenters. The van der Waals surface area contributed by atoms with Crippen molar-refractivity contribution in [3.63, 3.8) is 0 Å². The Morgan fingerprint density at radius 1 is 1.18 bits per heavy atom. The highest BCUT2D eigenvalue weighted by atomic mass is 14.6. The zero-order valence-corrected chi connectivity index (χ0v) is 7.62. The first-order valence-corrected chi connectivity index (χ1v) is 4.01. The average molecular weight is 151 g/mol. The number of hydrogen-bond donors (Lipinski definition) is 0. The zero-order valence-electron chi connectivity index (χ0n) is 7.62. The van der Waals surface area contributed by atoms with E-state index in [-0.39, 0.29) is 0 Å². The largest absolute Gasteiger partial charge is 0.297 e. The Kier molecular flexibility index (Phi) is 6.70. The second kappa shape index (κ2) is 7.26. The third-order valence-corrected chi connectivity index (χ3v) is 1.20. The van der Waals surface area contributed by atoms with Crippen LogP contribution in [0.5, 0.6) is 0 Å². The van der Waals surface area contributed by atoms with Gasteiger partial charge < -0.3 is 0 Å². The molecule has 0 aromatic rings. The molecular formula is C10H17N. The van der Waals surface area contributed by atoms with E-state index in [1.54, 1.807) is 13.3 Å². The highest BCUT2D eigenvalue weighted by Crippen LogP contribution is 1.99. The van der Waals surface area contributed by atoms with Gasteiger partial charge in [-0.15, -0.1) is 0 Å². The van der Waals surface area contributed by atoms with Crippen molar-refractivity contribution in [3.8, 4) is 0 Å². The Balaban J connectivity index is 3.44. The summed E-state index contributed by atoms with van der Waals surface area (Å²) < 4.78 is 0. The third kappa shape index (κ3) is 9.15. The molecule has 11 heavy (non-hydrogen) atoms. The van der Waals surface area contributed by atoms with Gasteiger partial charge in [0.05, 0.1) is 0 Å². The first kappa shape index (κ1) is 10.2. The highest BCUT2D eigenvalue weighted by Gasteiger charge is 1.84. The molecule has 0 bridgehead atoms. The van der Waals surface area contributed by atoms with Gasteiger partial charge in [0.1, 0.15) is 0 Å². The molecule has 0 saturated heterocycles. The van der Waals surface area contributed by atoms with E-state index in [1.807, 2.05) is 12.2 Å². The van der Waals surface area contributed by atoms with E-state index in [9.17, 15) is 0 Å². The van der Waals surface area contributed by atoms with Gasteiger partial charge in [-0.25, -0.2) is 0 Å². The average Bonchev–Trinajstić information content (AvgIpc) is 1.96. The Labute approximate surface area is 69.5 Å². The molecular weight excluding hydrogens is 134 g/mol. The van der Waals surface area contributed by atoms with Crippen molar-refractivity contribution in [3.05, 3.63) is 24.3 Å². The summed E-state index contributed by atoms with van der Waals surface area (Å²) >= 11 is 0.